The molecule has 0 fully saturated rings. The van der Waals surface area contributed by atoms with E-state index in [1.54, 1.807) is 10.9 Å². The lowest BCUT2D eigenvalue weighted by Gasteiger charge is -2.13. The third kappa shape index (κ3) is 3.66. The first kappa shape index (κ1) is 20.4. The van der Waals surface area contributed by atoms with E-state index in [1.165, 1.54) is 0 Å². The van der Waals surface area contributed by atoms with Crippen molar-refractivity contribution in [3.05, 3.63) is 94.2 Å². The van der Waals surface area contributed by atoms with E-state index in [4.69, 9.17) is 4.42 Å². The highest BCUT2D eigenvalue weighted by molar-refractivity contribution is 9.10. The molecule has 0 saturated heterocycles. The fourth-order valence-corrected chi connectivity index (χ4v) is 3.99. The molecule has 3 heterocycles. The number of para-hydroxylation sites is 1. The van der Waals surface area contributed by atoms with Crippen LogP contribution in [0.5, 0.6) is 0 Å². The molecule has 152 valence electrons. The lowest BCUT2D eigenvalue weighted by Crippen LogP contribution is -3.00. The van der Waals surface area contributed by atoms with E-state index in [0.29, 0.717) is 17.4 Å². The molecule has 1 atom stereocenters. The topological polar surface area (TPSA) is 56.8 Å². The second-order valence-electron chi connectivity index (χ2n) is 7.09. The lowest BCUT2D eigenvalue weighted by atomic mass is 10.2. The molecule has 0 bridgehead atoms. The van der Waals surface area contributed by atoms with Gasteiger partial charge in [0.15, 0.2) is 11.8 Å². The van der Waals surface area contributed by atoms with Crippen molar-refractivity contribution in [2.75, 3.05) is 0 Å². The number of imidazole rings is 1. The van der Waals surface area contributed by atoms with E-state index >= 15 is 0 Å². The highest BCUT2D eigenvalue weighted by atomic mass is 79.9. The second-order valence-corrected chi connectivity index (χ2v) is 8.01. The van der Waals surface area contributed by atoms with Gasteiger partial charge in [-0.2, -0.15) is 0 Å². The summed E-state index contributed by atoms with van der Waals surface area (Å²) < 4.78 is 12.8. The van der Waals surface area contributed by atoms with E-state index in [1.807, 2.05) is 83.4 Å². The molecule has 0 aliphatic rings. The van der Waals surface area contributed by atoms with Gasteiger partial charge in [0, 0.05) is 9.86 Å². The van der Waals surface area contributed by atoms with Crippen LogP contribution in [0.3, 0.4) is 0 Å². The molecular formula is C22H18BrClN4O2. The van der Waals surface area contributed by atoms with Gasteiger partial charge in [-0.1, -0.05) is 28.1 Å². The van der Waals surface area contributed by atoms with Crippen molar-refractivity contribution in [1.82, 2.24) is 14.1 Å². The standard InChI is InChI=1S/C22H18BrN4O2.ClH/c1-25-8-9-26(14-25)19(21-11-15-10-16(23)6-7-20(15)29-21)12-27-13-24-18-5-3-2-4-17(18)22(27)28;/h2-11,13-14,19H,12H2,1H3;1H/q+1;/p-1. The van der Waals surface area contributed by atoms with Crippen molar-refractivity contribution >= 4 is 37.8 Å². The van der Waals surface area contributed by atoms with Gasteiger partial charge in [0.1, 0.15) is 18.0 Å². The number of furan rings is 1. The third-order valence-electron chi connectivity index (χ3n) is 5.08. The second kappa shape index (κ2) is 8.08. The Kier molecular flexibility index (Phi) is 5.49. The average molecular weight is 486 g/mol. The minimum atomic E-state index is -0.192. The molecule has 0 amide bonds. The molecule has 5 rings (SSSR count). The summed E-state index contributed by atoms with van der Waals surface area (Å²) in [6.45, 7) is 0.409. The Labute approximate surface area is 186 Å². The maximum atomic E-state index is 13.0. The number of aryl methyl sites for hydroxylation is 1. The van der Waals surface area contributed by atoms with Gasteiger partial charge in [-0.05, 0) is 36.4 Å². The summed E-state index contributed by atoms with van der Waals surface area (Å²) in [6.07, 6.45) is 7.54. The molecule has 2 aromatic carbocycles. The predicted octanol–water partition coefficient (Wildman–Crippen LogP) is 0.825. The molecule has 1 unspecified atom stereocenters. The third-order valence-corrected chi connectivity index (χ3v) is 5.57. The van der Waals surface area contributed by atoms with Crippen LogP contribution < -0.4 is 22.5 Å². The zero-order chi connectivity index (χ0) is 20.0. The van der Waals surface area contributed by atoms with Gasteiger partial charge in [0.2, 0.25) is 6.33 Å². The minimum Gasteiger partial charge on any atom is -1.00 e. The van der Waals surface area contributed by atoms with Crippen LogP contribution in [0, 0.1) is 0 Å². The molecule has 6 nitrogen and oxygen atoms in total. The van der Waals surface area contributed by atoms with Crippen LogP contribution in [0.4, 0.5) is 0 Å². The van der Waals surface area contributed by atoms with Crippen molar-refractivity contribution < 1.29 is 21.4 Å². The molecule has 5 aromatic rings. The first-order valence-electron chi connectivity index (χ1n) is 9.24. The van der Waals surface area contributed by atoms with Gasteiger partial charge >= 0.3 is 0 Å². The number of halogens is 2. The summed E-state index contributed by atoms with van der Waals surface area (Å²) in [6, 6.07) is 15.2. The van der Waals surface area contributed by atoms with Crippen LogP contribution in [0.2, 0.25) is 0 Å². The Morgan fingerprint density at radius 3 is 2.83 bits per heavy atom. The Morgan fingerprint density at radius 1 is 1.20 bits per heavy atom. The van der Waals surface area contributed by atoms with Crippen LogP contribution in [0.1, 0.15) is 11.8 Å². The van der Waals surface area contributed by atoms with Crippen LogP contribution in [-0.2, 0) is 13.6 Å². The van der Waals surface area contributed by atoms with Gasteiger partial charge in [0.05, 0.1) is 30.8 Å². The Balaban J connectivity index is 0.00000218. The lowest BCUT2D eigenvalue weighted by molar-refractivity contribution is -0.671. The zero-order valence-corrected chi connectivity index (χ0v) is 18.4. The monoisotopic (exact) mass is 484 g/mol. The van der Waals surface area contributed by atoms with Gasteiger partial charge in [0.25, 0.3) is 5.56 Å². The highest BCUT2D eigenvalue weighted by Gasteiger charge is 2.25. The van der Waals surface area contributed by atoms with Gasteiger partial charge in [-0.15, -0.1) is 0 Å². The summed E-state index contributed by atoms with van der Waals surface area (Å²) in [7, 11) is 1.97. The first-order valence-corrected chi connectivity index (χ1v) is 10.0. The largest absolute Gasteiger partial charge is 1.00 e. The summed E-state index contributed by atoms with van der Waals surface area (Å²) in [5, 5.41) is 1.63. The van der Waals surface area contributed by atoms with E-state index < -0.39 is 0 Å². The van der Waals surface area contributed by atoms with Crippen molar-refractivity contribution in [3.8, 4) is 0 Å². The van der Waals surface area contributed by atoms with E-state index in [2.05, 4.69) is 20.9 Å². The quantitative estimate of drug-likeness (QED) is 0.354. The number of hydrogen-bond donors (Lipinski definition) is 0. The molecule has 0 N–H and O–H groups in total. The van der Waals surface area contributed by atoms with Crippen molar-refractivity contribution in [2.45, 2.75) is 12.6 Å². The number of fused-ring (bicyclic) bond motifs is 2. The van der Waals surface area contributed by atoms with Gasteiger partial charge in [-0.25, -0.2) is 14.1 Å². The van der Waals surface area contributed by atoms with E-state index in [-0.39, 0.29) is 24.0 Å². The Morgan fingerprint density at radius 2 is 2.03 bits per heavy atom. The summed E-state index contributed by atoms with van der Waals surface area (Å²) >= 11 is 3.51. The van der Waals surface area contributed by atoms with Crippen molar-refractivity contribution in [2.24, 2.45) is 7.05 Å². The summed E-state index contributed by atoms with van der Waals surface area (Å²) in [4.78, 5) is 17.5. The highest BCUT2D eigenvalue weighted by Crippen LogP contribution is 2.29. The molecular weight excluding hydrogens is 468 g/mol. The molecule has 0 aliphatic heterocycles. The predicted molar refractivity (Wildman–Crippen MR) is 114 cm³/mol. The minimum absolute atomic E-state index is 0. The fourth-order valence-electron chi connectivity index (χ4n) is 3.61. The Bertz CT molecular complexity index is 1410. The van der Waals surface area contributed by atoms with E-state index in [9.17, 15) is 4.79 Å². The van der Waals surface area contributed by atoms with Crippen molar-refractivity contribution in [3.63, 3.8) is 0 Å². The molecule has 0 spiro atoms. The number of benzene rings is 2. The molecule has 0 saturated carbocycles. The molecule has 8 heteroatoms. The number of nitrogens with zero attached hydrogens (tertiary/aromatic N) is 4. The fraction of sp³-hybridized carbons (Fsp3) is 0.136. The molecule has 0 aliphatic carbocycles. The summed E-state index contributed by atoms with van der Waals surface area (Å²) in [5.74, 6) is 0.786. The zero-order valence-electron chi connectivity index (χ0n) is 16.1. The van der Waals surface area contributed by atoms with E-state index in [0.717, 1.165) is 21.2 Å². The number of hydrogen-bond acceptors (Lipinski definition) is 3. The summed E-state index contributed by atoms with van der Waals surface area (Å²) in [5.41, 5.74) is 1.45. The van der Waals surface area contributed by atoms with Gasteiger partial charge < -0.3 is 16.8 Å². The van der Waals surface area contributed by atoms with Crippen LogP contribution in [0.15, 0.2) is 87.3 Å². The molecule has 3 aromatic heterocycles. The maximum absolute atomic E-state index is 13.0. The van der Waals surface area contributed by atoms with Crippen LogP contribution in [0.25, 0.3) is 21.9 Å². The normalized spacial score (nSPS) is 12.2. The maximum Gasteiger partial charge on any atom is 0.261 e. The van der Waals surface area contributed by atoms with Crippen LogP contribution in [-0.4, -0.2) is 14.1 Å². The molecule has 30 heavy (non-hydrogen) atoms. The van der Waals surface area contributed by atoms with Crippen molar-refractivity contribution in [1.29, 1.82) is 0 Å². The van der Waals surface area contributed by atoms with Crippen LogP contribution >= 0.6 is 15.9 Å². The first-order chi connectivity index (χ1) is 14.1. The Hall–Kier alpha value is -2.90. The van der Waals surface area contributed by atoms with Gasteiger partial charge in [-0.3, -0.25) is 9.36 Å². The number of aromatic nitrogens is 4. The smallest absolute Gasteiger partial charge is 0.261 e. The number of rotatable bonds is 4. The molecule has 0 radical (unpaired) electrons. The SMILES string of the molecule is C[n+]1ccn(C(Cn2cnc3ccccc3c2=O)c2cc3cc(Br)ccc3o2)c1.[Cl-]. The average Bonchev–Trinajstić information content (AvgIpc) is 3.33.